The second kappa shape index (κ2) is 8.06. The lowest BCUT2D eigenvalue weighted by Crippen LogP contribution is -2.18. The summed E-state index contributed by atoms with van der Waals surface area (Å²) >= 11 is 0. The molecule has 6 heteroatoms. The molecule has 5 nitrogen and oxygen atoms in total. The zero-order valence-electron chi connectivity index (χ0n) is 11.1. The maximum atomic E-state index is 13.4. The van der Waals surface area contributed by atoms with Crippen LogP contribution in [-0.4, -0.2) is 30.2 Å². The van der Waals surface area contributed by atoms with Crippen molar-refractivity contribution in [2.75, 3.05) is 18.5 Å². The molecule has 0 bridgehead atoms. The lowest BCUT2D eigenvalue weighted by atomic mass is 10.1. The summed E-state index contributed by atoms with van der Waals surface area (Å²) in [5.41, 5.74) is 0.459. The highest BCUT2D eigenvalue weighted by Crippen LogP contribution is 2.16. The molecule has 1 rings (SSSR count). The number of anilines is 1. The molecule has 0 aliphatic rings. The molecule has 1 amide bonds. The lowest BCUT2D eigenvalue weighted by molar-refractivity contribution is -0.131. The minimum Gasteiger partial charge on any atom is -0.478 e. The largest absolute Gasteiger partial charge is 0.478 e. The Morgan fingerprint density at radius 3 is 2.85 bits per heavy atom. The molecule has 1 aromatic carbocycles. The van der Waals surface area contributed by atoms with E-state index in [1.54, 1.807) is 0 Å². The van der Waals surface area contributed by atoms with E-state index >= 15 is 0 Å². The van der Waals surface area contributed by atoms with Crippen molar-refractivity contribution in [2.24, 2.45) is 0 Å². The summed E-state index contributed by atoms with van der Waals surface area (Å²) in [7, 11) is 0. The van der Waals surface area contributed by atoms with Gasteiger partial charge in [0.05, 0.1) is 0 Å². The number of rotatable bonds is 7. The molecule has 0 heterocycles. The van der Waals surface area contributed by atoms with Crippen molar-refractivity contribution in [2.45, 2.75) is 13.3 Å². The number of carboxylic acid groups (broad SMARTS) is 1. The van der Waals surface area contributed by atoms with Crippen LogP contribution in [0.4, 0.5) is 10.1 Å². The molecule has 0 atom stereocenters. The number of halogens is 1. The number of hydrogen-bond acceptors (Lipinski definition) is 3. The van der Waals surface area contributed by atoms with Crippen LogP contribution in [0.2, 0.25) is 0 Å². The van der Waals surface area contributed by atoms with E-state index in [0.29, 0.717) is 12.3 Å². The van der Waals surface area contributed by atoms with Gasteiger partial charge in [-0.15, -0.1) is 0 Å². The maximum Gasteiger partial charge on any atom is 0.328 e. The highest BCUT2D eigenvalue weighted by atomic mass is 19.1. The smallest absolute Gasteiger partial charge is 0.328 e. The molecule has 0 aliphatic carbocycles. The number of aliphatic carboxylic acids is 1. The lowest BCUT2D eigenvalue weighted by Gasteiger charge is -2.07. The Labute approximate surface area is 116 Å². The number of hydrogen-bond donors (Lipinski definition) is 2. The van der Waals surface area contributed by atoms with Crippen LogP contribution in [0.1, 0.15) is 18.9 Å². The summed E-state index contributed by atoms with van der Waals surface area (Å²) in [5.74, 6) is -2.09. The normalized spacial score (nSPS) is 10.7. The topological polar surface area (TPSA) is 75.6 Å². The van der Waals surface area contributed by atoms with Crippen LogP contribution in [-0.2, 0) is 14.3 Å². The molecule has 108 valence electrons. The number of carbonyl (C=O) groups is 2. The third kappa shape index (κ3) is 5.62. The molecule has 0 spiro atoms. The molecule has 2 N–H and O–H groups in total. The van der Waals surface area contributed by atoms with E-state index in [0.717, 1.165) is 24.6 Å². The van der Waals surface area contributed by atoms with Crippen molar-refractivity contribution in [1.29, 1.82) is 0 Å². The Hall–Kier alpha value is -2.21. The Bertz CT molecular complexity index is 514. The van der Waals surface area contributed by atoms with Crippen LogP contribution in [0.15, 0.2) is 24.3 Å². The van der Waals surface area contributed by atoms with Crippen LogP contribution in [0, 0.1) is 5.82 Å². The molecule has 1 aromatic rings. The van der Waals surface area contributed by atoms with Crippen LogP contribution in [0.25, 0.3) is 6.08 Å². The number of carboxylic acids is 1. The summed E-state index contributed by atoms with van der Waals surface area (Å²) < 4.78 is 18.5. The minimum atomic E-state index is -1.17. The Morgan fingerprint density at radius 2 is 2.20 bits per heavy atom. The Kier molecular flexibility index (Phi) is 6.39. The summed E-state index contributed by atoms with van der Waals surface area (Å²) in [5, 5.41) is 11.0. The minimum absolute atomic E-state index is 0.0779. The van der Waals surface area contributed by atoms with Gasteiger partial charge in [0, 0.05) is 23.9 Å². The molecule has 0 aliphatic heterocycles. The molecule has 20 heavy (non-hydrogen) atoms. The summed E-state index contributed by atoms with van der Waals surface area (Å²) in [6.07, 6.45) is 2.77. The van der Waals surface area contributed by atoms with Crippen LogP contribution < -0.4 is 5.32 Å². The van der Waals surface area contributed by atoms with Gasteiger partial charge in [-0.1, -0.05) is 6.92 Å². The average molecular weight is 281 g/mol. The quantitative estimate of drug-likeness (QED) is 0.594. The molecule has 0 saturated heterocycles. The molecule has 0 unspecified atom stereocenters. The first-order valence-electron chi connectivity index (χ1n) is 6.11. The maximum absolute atomic E-state index is 13.4. The second-order valence-electron chi connectivity index (χ2n) is 4.01. The first-order chi connectivity index (χ1) is 9.52. The van der Waals surface area contributed by atoms with E-state index in [4.69, 9.17) is 9.84 Å². The summed E-state index contributed by atoms with van der Waals surface area (Å²) in [6.45, 7) is 2.34. The van der Waals surface area contributed by atoms with Crippen molar-refractivity contribution in [3.8, 4) is 0 Å². The van der Waals surface area contributed by atoms with Gasteiger partial charge < -0.3 is 15.2 Å². The predicted octanol–water partition coefficient (Wildman–Crippen LogP) is 2.29. The molecule has 0 saturated carbocycles. The second-order valence-corrected chi connectivity index (χ2v) is 4.01. The fourth-order valence-corrected chi connectivity index (χ4v) is 1.42. The fourth-order valence-electron chi connectivity index (χ4n) is 1.42. The van der Waals surface area contributed by atoms with Gasteiger partial charge in [0.2, 0.25) is 5.91 Å². The summed E-state index contributed by atoms with van der Waals surface area (Å²) in [4.78, 5) is 21.9. The Balaban J connectivity index is 2.69. The first kappa shape index (κ1) is 15.8. The molecular formula is C14H16FNO4. The van der Waals surface area contributed by atoms with E-state index in [1.807, 2.05) is 6.92 Å². The van der Waals surface area contributed by atoms with Gasteiger partial charge in [0.1, 0.15) is 12.4 Å². The van der Waals surface area contributed by atoms with E-state index in [2.05, 4.69) is 5.32 Å². The first-order valence-corrected chi connectivity index (χ1v) is 6.11. The SMILES string of the molecule is CCCOCC(=O)Nc1ccc(F)c(/C=C/C(=O)O)c1. The highest BCUT2D eigenvalue weighted by molar-refractivity contribution is 5.92. The number of carbonyl (C=O) groups excluding carboxylic acids is 1. The van der Waals surface area contributed by atoms with Gasteiger partial charge >= 0.3 is 5.97 Å². The van der Waals surface area contributed by atoms with Crippen molar-refractivity contribution >= 4 is 23.6 Å². The van der Waals surface area contributed by atoms with Crippen LogP contribution in [0.3, 0.4) is 0 Å². The molecule has 0 radical (unpaired) electrons. The number of ether oxygens (including phenoxy) is 1. The van der Waals surface area contributed by atoms with Gasteiger partial charge in [-0.05, 0) is 30.7 Å². The third-order valence-corrected chi connectivity index (χ3v) is 2.27. The standard InChI is InChI=1S/C14H16FNO4/c1-2-7-20-9-13(17)16-11-4-5-12(15)10(8-11)3-6-14(18)19/h3-6,8H,2,7,9H2,1H3,(H,16,17)(H,18,19)/b6-3+. The summed E-state index contributed by atoms with van der Waals surface area (Å²) in [6, 6.07) is 3.90. The van der Waals surface area contributed by atoms with Gasteiger partial charge in [-0.2, -0.15) is 0 Å². The highest BCUT2D eigenvalue weighted by Gasteiger charge is 2.05. The van der Waals surface area contributed by atoms with E-state index in [-0.39, 0.29) is 18.1 Å². The Morgan fingerprint density at radius 1 is 1.45 bits per heavy atom. The molecular weight excluding hydrogens is 265 g/mol. The van der Waals surface area contributed by atoms with Crippen molar-refractivity contribution in [3.63, 3.8) is 0 Å². The number of amides is 1. The number of nitrogens with one attached hydrogen (secondary N) is 1. The average Bonchev–Trinajstić information content (AvgIpc) is 2.39. The predicted molar refractivity (Wildman–Crippen MR) is 72.8 cm³/mol. The van der Waals surface area contributed by atoms with Gasteiger partial charge in [-0.25, -0.2) is 9.18 Å². The van der Waals surface area contributed by atoms with Gasteiger partial charge in [-0.3, -0.25) is 4.79 Å². The number of benzene rings is 1. The molecule has 0 aromatic heterocycles. The third-order valence-electron chi connectivity index (χ3n) is 2.27. The fraction of sp³-hybridized carbons (Fsp3) is 0.286. The molecule has 0 fully saturated rings. The van der Waals surface area contributed by atoms with Crippen molar-refractivity contribution < 1.29 is 23.8 Å². The van der Waals surface area contributed by atoms with Crippen LogP contribution >= 0.6 is 0 Å². The van der Waals surface area contributed by atoms with Crippen molar-refractivity contribution in [1.82, 2.24) is 0 Å². The monoisotopic (exact) mass is 281 g/mol. The van der Waals surface area contributed by atoms with E-state index in [9.17, 15) is 14.0 Å². The zero-order valence-corrected chi connectivity index (χ0v) is 11.1. The van der Waals surface area contributed by atoms with E-state index < -0.39 is 11.8 Å². The van der Waals surface area contributed by atoms with Gasteiger partial charge in [0.15, 0.2) is 0 Å². The van der Waals surface area contributed by atoms with Crippen LogP contribution in [0.5, 0.6) is 0 Å². The van der Waals surface area contributed by atoms with Gasteiger partial charge in [0.25, 0.3) is 0 Å². The van der Waals surface area contributed by atoms with Crippen molar-refractivity contribution in [3.05, 3.63) is 35.7 Å². The zero-order chi connectivity index (χ0) is 15.0. The van der Waals surface area contributed by atoms with E-state index in [1.165, 1.54) is 12.1 Å².